The molecular formula is C18H32N2O. The Kier molecular flexibility index (Phi) is 4.31. The zero-order valence-electron chi connectivity index (χ0n) is 14.0. The molecule has 1 heterocycles. The average Bonchev–Trinajstić information content (AvgIpc) is 3.13. The lowest BCUT2D eigenvalue weighted by atomic mass is 9.92. The van der Waals surface area contributed by atoms with Crippen LogP contribution >= 0.6 is 0 Å². The molecule has 2 saturated carbocycles. The summed E-state index contributed by atoms with van der Waals surface area (Å²) in [5, 5.41) is 3.77. The largest absolute Gasteiger partial charge is 0.322 e. The van der Waals surface area contributed by atoms with Crippen molar-refractivity contribution in [3.63, 3.8) is 0 Å². The maximum Gasteiger partial charge on any atom is 0.244 e. The number of rotatable bonds is 4. The molecule has 1 aliphatic heterocycles. The average molecular weight is 292 g/mol. The highest BCUT2D eigenvalue weighted by atomic mass is 16.2. The molecule has 4 unspecified atom stereocenters. The third-order valence-corrected chi connectivity index (χ3v) is 6.51. The Morgan fingerprint density at radius 3 is 2.52 bits per heavy atom. The molecule has 3 nitrogen and oxygen atoms in total. The fourth-order valence-corrected chi connectivity index (χ4v) is 5.24. The van der Waals surface area contributed by atoms with Crippen LogP contribution in [0, 0.1) is 11.8 Å². The summed E-state index contributed by atoms with van der Waals surface area (Å²) >= 11 is 0. The van der Waals surface area contributed by atoms with Crippen molar-refractivity contribution in [1.29, 1.82) is 0 Å². The first kappa shape index (κ1) is 15.3. The Morgan fingerprint density at radius 1 is 1.24 bits per heavy atom. The molecule has 1 amide bonds. The lowest BCUT2D eigenvalue weighted by molar-refractivity contribution is -0.136. The smallest absolute Gasteiger partial charge is 0.244 e. The van der Waals surface area contributed by atoms with Crippen LogP contribution in [0.5, 0.6) is 0 Å². The van der Waals surface area contributed by atoms with Gasteiger partial charge in [0.2, 0.25) is 5.91 Å². The number of nitrogens with one attached hydrogen (secondary N) is 1. The molecule has 120 valence electrons. The van der Waals surface area contributed by atoms with E-state index in [0.717, 1.165) is 31.6 Å². The molecule has 0 aromatic rings. The highest BCUT2D eigenvalue weighted by molar-refractivity contribution is 5.89. The van der Waals surface area contributed by atoms with E-state index in [0.29, 0.717) is 24.0 Å². The Bertz CT molecular complexity index is 389. The van der Waals surface area contributed by atoms with E-state index >= 15 is 0 Å². The first-order valence-electron chi connectivity index (χ1n) is 9.23. The van der Waals surface area contributed by atoms with E-state index in [1.54, 1.807) is 0 Å². The van der Waals surface area contributed by atoms with Crippen molar-refractivity contribution in [3.8, 4) is 0 Å². The molecule has 2 aliphatic carbocycles. The molecule has 0 radical (unpaired) electrons. The molecule has 1 saturated heterocycles. The fraction of sp³-hybridized carbons (Fsp3) is 0.944. The van der Waals surface area contributed by atoms with Crippen LogP contribution in [0.2, 0.25) is 0 Å². The van der Waals surface area contributed by atoms with Crippen LogP contribution in [0.1, 0.15) is 78.6 Å². The summed E-state index contributed by atoms with van der Waals surface area (Å²) in [7, 11) is 0. The molecule has 0 aromatic carbocycles. The van der Waals surface area contributed by atoms with Gasteiger partial charge in [0, 0.05) is 6.04 Å². The molecule has 3 fully saturated rings. The number of hydrogen-bond donors (Lipinski definition) is 1. The molecular weight excluding hydrogens is 260 g/mol. The van der Waals surface area contributed by atoms with Gasteiger partial charge in [0.1, 0.15) is 0 Å². The van der Waals surface area contributed by atoms with Crippen molar-refractivity contribution in [3.05, 3.63) is 0 Å². The normalized spacial score (nSPS) is 38.8. The van der Waals surface area contributed by atoms with E-state index in [-0.39, 0.29) is 5.54 Å². The molecule has 3 heteroatoms. The van der Waals surface area contributed by atoms with E-state index in [4.69, 9.17) is 0 Å². The minimum absolute atomic E-state index is 0.191. The molecule has 1 spiro atoms. The van der Waals surface area contributed by atoms with Crippen molar-refractivity contribution in [2.24, 2.45) is 11.8 Å². The predicted molar refractivity (Wildman–Crippen MR) is 85.8 cm³/mol. The lowest BCUT2D eigenvalue weighted by Gasteiger charge is -2.34. The van der Waals surface area contributed by atoms with Gasteiger partial charge in [0.25, 0.3) is 0 Å². The highest BCUT2D eigenvalue weighted by Gasteiger charge is 2.55. The van der Waals surface area contributed by atoms with Crippen LogP contribution in [0.25, 0.3) is 0 Å². The van der Waals surface area contributed by atoms with Crippen LogP contribution in [0.15, 0.2) is 0 Å². The third kappa shape index (κ3) is 2.42. The van der Waals surface area contributed by atoms with Gasteiger partial charge in [-0.05, 0) is 43.9 Å². The molecule has 4 atom stereocenters. The van der Waals surface area contributed by atoms with Gasteiger partial charge in [-0.1, -0.05) is 46.5 Å². The molecule has 21 heavy (non-hydrogen) atoms. The first-order chi connectivity index (χ1) is 10.1. The second-order valence-corrected chi connectivity index (χ2v) is 7.62. The summed E-state index contributed by atoms with van der Waals surface area (Å²) in [6, 6.07) is 0.478. The SMILES string of the molecule is CCCC1NC2(CCCC2)C(=O)N1C1CCC(CC)C1C. The van der Waals surface area contributed by atoms with Crippen LogP contribution in [0.4, 0.5) is 0 Å². The quantitative estimate of drug-likeness (QED) is 0.857. The maximum absolute atomic E-state index is 13.2. The fourth-order valence-electron chi connectivity index (χ4n) is 5.24. The van der Waals surface area contributed by atoms with E-state index < -0.39 is 0 Å². The third-order valence-electron chi connectivity index (χ3n) is 6.51. The highest BCUT2D eigenvalue weighted by Crippen LogP contribution is 2.44. The van der Waals surface area contributed by atoms with Gasteiger partial charge in [-0.25, -0.2) is 0 Å². The van der Waals surface area contributed by atoms with Crippen LogP contribution in [-0.4, -0.2) is 28.6 Å². The zero-order chi connectivity index (χ0) is 15.0. The summed E-state index contributed by atoms with van der Waals surface area (Å²) in [6.45, 7) is 6.91. The first-order valence-corrected chi connectivity index (χ1v) is 9.23. The summed E-state index contributed by atoms with van der Waals surface area (Å²) < 4.78 is 0. The second kappa shape index (κ2) is 5.91. The Labute approximate surface area is 129 Å². The van der Waals surface area contributed by atoms with E-state index in [2.05, 4.69) is 31.0 Å². The topological polar surface area (TPSA) is 32.3 Å². The molecule has 3 aliphatic rings. The summed E-state index contributed by atoms with van der Waals surface area (Å²) in [4.78, 5) is 15.5. The lowest BCUT2D eigenvalue weighted by Crippen LogP contribution is -2.47. The van der Waals surface area contributed by atoms with Crippen LogP contribution in [-0.2, 0) is 4.79 Å². The molecule has 0 bridgehead atoms. The van der Waals surface area contributed by atoms with Gasteiger partial charge in [-0.15, -0.1) is 0 Å². The van der Waals surface area contributed by atoms with Gasteiger partial charge in [-0.3, -0.25) is 10.1 Å². The van der Waals surface area contributed by atoms with Crippen LogP contribution < -0.4 is 5.32 Å². The van der Waals surface area contributed by atoms with Gasteiger partial charge in [-0.2, -0.15) is 0 Å². The number of hydrogen-bond acceptors (Lipinski definition) is 2. The van der Waals surface area contributed by atoms with Crippen molar-refractivity contribution in [2.75, 3.05) is 0 Å². The Morgan fingerprint density at radius 2 is 1.95 bits per heavy atom. The monoisotopic (exact) mass is 292 g/mol. The van der Waals surface area contributed by atoms with Gasteiger partial charge in [0.05, 0.1) is 11.7 Å². The van der Waals surface area contributed by atoms with E-state index in [1.807, 2.05) is 0 Å². The Hall–Kier alpha value is -0.570. The summed E-state index contributed by atoms with van der Waals surface area (Å²) in [5.74, 6) is 1.91. The van der Waals surface area contributed by atoms with Crippen molar-refractivity contribution < 1.29 is 4.79 Å². The second-order valence-electron chi connectivity index (χ2n) is 7.62. The minimum atomic E-state index is -0.191. The van der Waals surface area contributed by atoms with Gasteiger partial charge >= 0.3 is 0 Å². The van der Waals surface area contributed by atoms with E-state index in [1.165, 1.54) is 32.1 Å². The molecule has 0 aromatic heterocycles. The summed E-state index contributed by atoms with van der Waals surface area (Å²) in [5.41, 5.74) is -0.191. The van der Waals surface area contributed by atoms with Crippen molar-refractivity contribution in [2.45, 2.75) is 96.3 Å². The van der Waals surface area contributed by atoms with Crippen molar-refractivity contribution in [1.82, 2.24) is 10.2 Å². The Balaban J connectivity index is 1.82. The van der Waals surface area contributed by atoms with Crippen molar-refractivity contribution >= 4 is 5.91 Å². The number of carbonyl (C=O) groups is 1. The molecule has 1 N–H and O–H groups in total. The summed E-state index contributed by atoms with van der Waals surface area (Å²) in [6.07, 6.45) is 10.9. The number of nitrogens with zero attached hydrogens (tertiary/aromatic N) is 1. The minimum Gasteiger partial charge on any atom is -0.322 e. The number of amides is 1. The van der Waals surface area contributed by atoms with Gasteiger partial charge in [0.15, 0.2) is 0 Å². The standard InChI is InChI=1S/C18H32N2O/c1-4-8-16-19-18(11-6-7-12-18)17(21)20(16)15-10-9-14(5-2)13(15)3/h13-16,19H,4-12H2,1-3H3. The predicted octanol–water partition coefficient (Wildman–Crippen LogP) is 3.68. The maximum atomic E-state index is 13.2. The van der Waals surface area contributed by atoms with E-state index in [9.17, 15) is 4.79 Å². The van der Waals surface area contributed by atoms with Gasteiger partial charge < -0.3 is 4.90 Å². The number of carbonyl (C=O) groups excluding carboxylic acids is 1. The zero-order valence-corrected chi connectivity index (χ0v) is 14.0. The van der Waals surface area contributed by atoms with Crippen LogP contribution in [0.3, 0.4) is 0 Å². The molecule has 3 rings (SSSR count).